The van der Waals surface area contributed by atoms with E-state index in [9.17, 15) is 0 Å². The predicted octanol–water partition coefficient (Wildman–Crippen LogP) is 2.22. The van der Waals surface area contributed by atoms with Gasteiger partial charge >= 0.3 is 41.6 Å². The molecule has 0 N–H and O–H groups in total. The SMILES string of the molecule is C[Si](C)=[Hf+2].[Cl-].[Cl-].c1ccc2c(c1)[cH-]c1ccccc12.c1ccc2c(c1)[cH-]c1ccccc12. The molecule has 0 saturated heterocycles. The van der Waals surface area contributed by atoms with Gasteiger partial charge in [-0.15, -0.1) is 79.5 Å². The first-order valence-electron chi connectivity index (χ1n) is 10.2. The molecule has 160 valence electrons. The van der Waals surface area contributed by atoms with Gasteiger partial charge in [0.25, 0.3) is 0 Å². The predicted molar refractivity (Wildman–Crippen MR) is 132 cm³/mol. The Kier molecular flexibility index (Phi) is 10.4. The van der Waals surface area contributed by atoms with Gasteiger partial charge in [0.05, 0.1) is 0 Å². The van der Waals surface area contributed by atoms with Crippen LogP contribution in [0, 0.1) is 0 Å². The van der Waals surface area contributed by atoms with Crippen LogP contribution in [0.25, 0.3) is 43.1 Å². The topological polar surface area (TPSA) is 0 Å². The van der Waals surface area contributed by atoms with Gasteiger partial charge in [0.15, 0.2) is 0 Å². The molecule has 0 aliphatic carbocycles. The van der Waals surface area contributed by atoms with Crippen molar-refractivity contribution in [1.29, 1.82) is 0 Å². The molecule has 0 radical (unpaired) electrons. The second-order valence-corrected chi connectivity index (χ2v) is 20.4. The summed E-state index contributed by atoms with van der Waals surface area (Å²) in [6.07, 6.45) is 0. The summed E-state index contributed by atoms with van der Waals surface area (Å²) in [5.74, 6) is 0. The monoisotopic (exact) mass is 638 g/mol. The molecule has 6 aromatic rings. The summed E-state index contributed by atoms with van der Waals surface area (Å²) in [7, 11) is 0. The molecule has 0 aliphatic rings. The van der Waals surface area contributed by atoms with Crippen LogP contribution in [0.2, 0.25) is 13.1 Å². The normalized spacial score (nSPS) is 9.88. The van der Waals surface area contributed by atoms with Crippen LogP contribution >= 0.6 is 0 Å². The molecule has 0 bridgehead atoms. The van der Waals surface area contributed by atoms with Crippen molar-refractivity contribution in [3.05, 3.63) is 109 Å². The Morgan fingerprint density at radius 1 is 0.469 bits per heavy atom. The van der Waals surface area contributed by atoms with Crippen LogP contribution in [0.3, 0.4) is 0 Å². The van der Waals surface area contributed by atoms with Crippen LogP contribution in [0.5, 0.6) is 0 Å². The van der Waals surface area contributed by atoms with E-state index in [-0.39, 0.29) is 30.3 Å². The van der Waals surface area contributed by atoms with Gasteiger partial charge in [-0.2, -0.15) is 0 Å². The summed E-state index contributed by atoms with van der Waals surface area (Å²) < 4.78 is 0. The number of hydrogen-bond acceptors (Lipinski definition) is 0. The molecule has 0 fully saturated rings. The number of rotatable bonds is 0. The minimum Gasteiger partial charge on any atom is -1.00 e. The van der Waals surface area contributed by atoms with Gasteiger partial charge in [0.1, 0.15) is 0 Å². The van der Waals surface area contributed by atoms with Crippen molar-refractivity contribution in [3.63, 3.8) is 0 Å². The van der Waals surface area contributed by atoms with E-state index in [0.29, 0.717) is 0 Å². The summed E-state index contributed by atoms with van der Waals surface area (Å²) in [6, 6.07) is 38.5. The number of benzene rings is 4. The van der Waals surface area contributed by atoms with Gasteiger partial charge < -0.3 is 24.8 Å². The smallest absolute Gasteiger partial charge is 0.0771 e. The van der Waals surface area contributed by atoms with Gasteiger partial charge in [-0.1, -0.05) is 72.8 Å². The first-order chi connectivity index (χ1) is 14.6. The zero-order chi connectivity index (χ0) is 20.9. The maximum Gasteiger partial charge on any atom is -0.0771 e. The molecule has 0 amide bonds. The Morgan fingerprint density at radius 2 is 0.656 bits per heavy atom. The quantitative estimate of drug-likeness (QED) is 0.177. The zero-order valence-corrected chi connectivity index (χ0v) is 24.3. The average molecular weight is 638 g/mol. The van der Waals surface area contributed by atoms with Gasteiger partial charge in [-0.05, 0) is 0 Å². The third kappa shape index (κ3) is 6.20. The maximum atomic E-state index is 2.33. The van der Waals surface area contributed by atoms with Crippen molar-refractivity contribution < 1.29 is 47.8 Å². The fraction of sp³-hybridized carbons (Fsp3) is 0.0714. The van der Waals surface area contributed by atoms with E-state index < -0.39 is 0 Å². The summed E-state index contributed by atoms with van der Waals surface area (Å²) in [6.45, 7) is 4.66. The van der Waals surface area contributed by atoms with Crippen LogP contribution in [0.1, 0.15) is 0 Å². The van der Waals surface area contributed by atoms with Crippen molar-refractivity contribution >= 4 is 48.6 Å². The molecule has 0 spiro atoms. The first-order valence-corrected chi connectivity index (χ1v) is 18.1. The van der Waals surface area contributed by atoms with Gasteiger partial charge in [0, 0.05) is 0 Å². The Hall–Kier alpha value is -1.71. The molecular weight excluding hydrogens is 614 g/mol. The van der Waals surface area contributed by atoms with Gasteiger partial charge in [0.2, 0.25) is 0 Å². The molecule has 0 nitrogen and oxygen atoms in total. The molecule has 0 saturated carbocycles. The maximum absolute atomic E-state index is 2.33. The fourth-order valence-electron chi connectivity index (χ4n) is 3.81. The molecule has 0 aromatic heterocycles. The molecule has 0 heterocycles. The third-order valence-electron chi connectivity index (χ3n) is 5.05. The van der Waals surface area contributed by atoms with Gasteiger partial charge in [-0.3, -0.25) is 0 Å². The summed E-state index contributed by atoms with van der Waals surface area (Å²) >= 11 is 1.45. The van der Waals surface area contributed by atoms with Crippen LogP contribution in [0.15, 0.2) is 109 Å². The third-order valence-corrected chi connectivity index (χ3v) is 5.05. The zero-order valence-electron chi connectivity index (χ0n) is 18.1. The van der Waals surface area contributed by atoms with E-state index >= 15 is 0 Å². The summed E-state index contributed by atoms with van der Waals surface area (Å²) in [4.78, 5) is 0. The number of hydrogen-bond donors (Lipinski definition) is 0. The molecular formula is C28H24Cl2HfSi-2. The van der Waals surface area contributed by atoms with Crippen LogP contribution in [-0.2, 0) is 23.0 Å². The Labute approximate surface area is 217 Å². The second kappa shape index (κ2) is 12.5. The Morgan fingerprint density at radius 3 is 0.875 bits per heavy atom. The molecule has 0 atom stereocenters. The van der Waals surface area contributed by atoms with Crippen LogP contribution in [-0.4, -0.2) is 5.49 Å². The minimum atomic E-state index is 0. The number of fused-ring (bicyclic) bond motifs is 6. The molecule has 0 unspecified atom stereocenters. The van der Waals surface area contributed by atoms with Crippen LogP contribution in [0.4, 0.5) is 0 Å². The van der Waals surface area contributed by atoms with Crippen molar-refractivity contribution in [2.45, 2.75) is 13.1 Å². The van der Waals surface area contributed by atoms with E-state index in [1.807, 2.05) is 0 Å². The van der Waals surface area contributed by atoms with Crippen molar-refractivity contribution in [2.75, 3.05) is 0 Å². The summed E-state index contributed by atoms with van der Waals surface area (Å²) in [5.41, 5.74) is 0.259. The largest absolute Gasteiger partial charge is 1.00 e. The minimum absolute atomic E-state index is 0. The molecule has 4 heteroatoms. The first kappa shape index (κ1) is 26.5. The second-order valence-electron chi connectivity index (χ2n) is 7.64. The standard InChI is InChI=1S/2C13H9.C2H6Si.2ClH.Hf/c2*1-3-7-12-10(5-1)9-11-6-2-4-8-13(11)12;1-3-2;;;/h2*1-9H;1-2H3;2*1H;/q2*-1;;;;+2/p-2. The van der Waals surface area contributed by atoms with E-state index in [4.69, 9.17) is 0 Å². The van der Waals surface area contributed by atoms with Gasteiger partial charge in [-0.25, -0.2) is 0 Å². The molecule has 6 aromatic carbocycles. The molecule has 0 aliphatic heterocycles. The van der Waals surface area contributed by atoms with Crippen LogP contribution < -0.4 is 24.8 Å². The van der Waals surface area contributed by atoms with E-state index in [0.717, 1.165) is 0 Å². The molecule has 6 rings (SSSR count). The van der Waals surface area contributed by atoms with Crippen molar-refractivity contribution in [1.82, 2.24) is 0 Å². The van der Waals surface area contributed by atoms with E-state index in [1.54, 1.807) is 0 Å². The molecule has 32 heavy (non-hydrogen) atoms. The van der Waals surface area contributed by atoms with Crippen molar-refractivity contribution in [3.8, 4) is 0 Å². The summed E-state index contributed by atoms with van der Waals surface area (Å²) in [5, 5.41) is 10.8. The number of halogens is 2. The average Bonchev–Trinajstić information content (AvgIpc) is 3.32. The Balaban J connectivity index is 0.000000185. The fourth-order valence-corrected chi connectivity index (χ4v) is 3.81. The Bertz CT molecular complexity index is 1240. The van der Waals surface area contributed by atoms with E-state index in [2.05, 4.69) is 122 Å². The van der Waals surface area contributed by atoms with Crippen molar-refractivity contribution in [2.24, 2.45) is 0 Å². The van der Waals surface area contributed by atoms with E-state index in [1.165, 1.54) is 66.1 Å².